The number of ether oxygens (including phenoxy) is 1. The van der Waals surface area contributed by atoms with Crippen LogP contribution in [-0.4, -0.2) is 16.4 Å². The first kappa shape index (κ1) is 7.86. The largest absolute Gasteiger partial charge is 0.456 e. The molecule has 1 aliphatic heterocycles. The van der Waals surface area contributed by atoms with Gasteiger partial charge in [0, 0.05) is 0 Å². The van der Waals surface area contributed by atoms with Crippen molar-refractivity contribution in [3.05, 3.63) is 0 Å². The molecule has 0 N–H and O–H groups in total. The van der Waals surface area contributed by atoms with Crippen LogP contribution in [0.1, 0.15) is 27.2 Å². The van der Waals surface area contributed by atoms with Crippen molar-refractivity contribution in [2.45, 2.75) is 37.7 Å². The predicted octanol–water partition coefficient (Wildman–Crippen LogP) is 1.71. The molecule has 1 rings (SSSR count). The molecule has 1 fully saturated rings. The van der Waals surface area contributed by atoms with Crippen molar-refractivity contribution in [2.24, 2.45) is 0 Å². The summed E-state index contributed by atoms with van der Waals surface area (Å²) in [5.74, 6) is -0.290. The molecule has 0 spiro atoms. The molecule has 0 aromatic carbocycles. The van der Waals surface area contributed by atoms with E-state index in [0.717, 1.165) is 0 Å². The number of hydrogen-bond donors (Lipinski definition) is 0. The summed E-state index contributed by atoms with van der Waals surface area (Å²) < 4.78 is 4.86. The van der Waals surface area contributed by atoms with E-state index in [2.05, 4.69) is 0 Å². The monoisotopic (exact) mass is 162 g/mol. The van der Waals surface area contributed by atoms with Crippen LogP contribution in [0.3, 0.4) is 0 Å². The molecule has 0 aromatic rings. The second kappa shape index (κ2) is 1.88. The third-order valence-corrected chi connectivity index (χ3v) is 2.99. The molecule has 58 valence electrons. The quantitative estimate of drug-likeness (QED) is 0.434. The number of rotatable bonds is 1. The van der Waals surface area contributed by atoms with Crippen molar-refractivity contribution in [3.8, 4) is 0 Å². The van der Waals surface area contributed by atoms with Crippen molar-refractivity contribution >= 4 is 17.6 Å². The summed E-state index contributed by atoms with van der Waals surface area (Å²) >= 11 is 5.96. The number of carbonyl (C=O) groups is 1. The van der Waals surface area contributed by atoms with Gasteiger partial charge in [-0.3, -0.25) is 0 Å². The van der Waals surface area contributed by atoms with Crippen molar-refractivity contribution < 1.29 is 9.53 Å². The Morgan fingerprint density at radius 2 is 2.10 bits per heavy atom. The molecule has 0 unspecified atom stereocenters. The van der Waals surface area contributed by atoms with E-state index in [1.165, 1.54) is 0 Å². The fourth-order valence-corrected chi connectivity index (χ4v) is 1.24. The number of hydrogen-bond acceptors (Lipinski definition) is 2. The highest BCUT2D eigenvalue weighted by Crippen LogP contribution is 2.45. The molecule has 0 bridgehead atoms. The van der Waals surface area contributed by atoms with Gasteiger partial charge in [0.15, 0.2) is 4.87 Å². The molecule has 0 aromatic heterocycles. The zero-order chi connectivity index (χ0) is 7.99. The Balaban J connectivity index is 2.83. The van der Waals surface area contributed by atoms with Crippen molar-refractivity contribution in [2.75, 3.05) is 0 Å². The van der Waals surface area contributed by atoms with Crippen molar-refractivity contribution in [3.63, 3.8) is 0 Å². The fraction of sp³-hybridized carbons (Fsp3) is 0.857. The number of alkyl halides is 1. The molecule has 1 aliphatic rings. The summed E-state index contributed by atoms with van der Waals surface area (Å²) in [5, 5.41) is 0. The van der Waals surface area contributed by atoms with Crippen LogP contribution in [-0.2, 0) is 9.53 Å². The third-order valence-electron chi connectivity index (χ3n) is 2.11. The van der Waals surface area contributed by atoms with Crippen molar-refractivity contribution in [1.29, 1.82) is 0 Å². The minimum Gasteiger partial charge on any atom is -0.456 e. The zero-order valence-electron chi connectivity index (χ0n) is 6.40. The maximum Gasteiger partial charge on any atom is 0.331 e. The average molecular weight is 163 g/mol. The first-order valence-corrected chi connectivity index (χ1v) is 3.74. The van der Waals surface area contributed by atoms with Gasteiger partial charge in [-0.2, -0.15) is 0 Å². The summed E-state index contributed by atoms with van der Waals surface area (Å²) in [4.78, 5) is 10.1. The molecule has 1 atom stereocenters. The minimum absolute atomic E-state index is 0.290. The van der Waals surface area contributed by atoms with E-state index in [4.69, 9.17) is 16.3 Å². The normalized spacial score (nSPS) is 36.6. The van der Waals surface area contributed by atoms with Gasteiger partial charge in [0.05, 0.1) is 0 Å². The Kier molecular flexibility index (Phi) is 1.48. The topological polar surface area (TPSA) is 26.3 Å². The Hall–Kier alpha value is -0.240. The summed E-state index contributed by atoms with van der Waals surface area (Å²) in [6, 6.07) is 0. The van der Waals surface area contributed by atoms with Gasteiger partial charge in [0.2, 0.25) is 0 Å². The SMILES string of the molecule is CC[C@]1(Cl)C(=O)OC1(C)C. The van der Waals surface area contributed by atoms with Crippen molar-refractivity contribution in [1.82, 2.24) is 0 Å². The Labute approximate surface area is 65.5 Å². The third kappa shape index (κ3) is 0.685. The number of halogens is 1. The predicted molar refractivity (Wildman–Crippen MR) is 39.0 cm³/mol. The molecule has 1 saturated heterocycles. The molecular formula is C7H11ClO2. The van der Waals surface area contributed by atoms with Gasteiger partial charge in [-0.1, -0.05) is 6.92 Å². The number of esters is 1. The second-order valence-corrected chi connectivity index (χ2v) is 3.70. The van der Waals surface area contributed by atoms with Gasteiger partial charge in [-0.05, 0) is 20.3 Å². The van der Waals surface area contributed by atoms with Gasteiger partial charge in [-0.15, -0.1) is 11.6 Å². The maximum atomic E-state index is 10.8. The molecule has 1 heterocycles. The highest BCUT2D eigenvalue weighted by molar-refractivity contribution is 6.37. The van der Waals surface area contributed by atoms with E-state index in [1.54, 1.807) is 0 Å². The van der Waals surface area contributed by atoms with E-state index >= 15 is 0 Å². The van der Waals surface area contributed by atoms with Gasteiger partial charge in [-0.25, -0.2) is 4.79 Å². The maximum absolute atomic E-state index is 10.8. The summed E-state index contributed by atoms with van der Waals surface area (Å²) in [7, 11) is 0. The van der Waals surface area contributed by atoms with Crippen LogP contribution < -0.4 is 0 Å². The zero-order valence-corrected chi connectivity index (χ0v) is 7.16. The highest BCUT2D eigenvalue weighted by Gasteiger charge is 2.61. The van der Waals surface area contributed by atoms with Gasteiger partial charge < -0.3 is 4.74 Å². The summed E-state index contributed by atoms with van der Waals surface area (Å²) in [6.07, 6.45) is 0.625. The van der Waals surface area contributed by atoms with E-state index in [0.29, 0.717) is 6.42 Å². The van der Waals surface area contributed by atoms with E-state index < -0.39 is 10.5 Å². The average Bonchev–Trinajstić information content (AvgIpc) is 1.85. The van der Waals surface area contributed by atoms with Gasteiger partial charge in [0.25, 0.3) is 0 Å². The highest BCUT2D eigenvalue weighted by atomic mass is 35.5. The smallest absolute Gasteiger partial charge is 0.331 e. The van der Waals surface area contributed by atoms with Crippen LogP contribution in [0.4, 0.5) is 0 Å². The lowest BCUT2D eigenvalue weighted by Crippen LogP contribution is -2.65. The molecule has 3 heteroatoms. The summed E-state index contributed by atoms with van der Waals surface area (Å²) in [6.45, 7) is 5.53. The van der Waals surface area contributed by atoms with Gasteiger partial charge >= 0.3 is 5.97 Å². The first-order valence-electron chi connectivity index (χ1n) is 3.36. The first-order chi connectivity index (χ1) is 4.44. The van der Waals surface area contributed by atoms with E-state index in [9.17, 15) is 4.79 Å². The molecule has 0 saturated carbocycles. The minimum atomic E-state index is -0.771. The lowest BCUT2D eigenvalue weighted by Gasteiger charge is -2.48. The Morgan fingerprint density at radius 3 is 2.20 bits per heavy atom. The van der Waals surface area contributed by atoms with Crippen LogP contribution >= 0.6 is 11.6 Å². The van der Waals surface area contributed by atoms with E-state index in [-0.39, 0.29) is 5.97 Å². The lowest BCUT2D eigenvalue weighted by molar-refractivity contribution is -0.198. The standard InChI is InChI=1S/C7H11ClO2/c1-4-7(8)5(9)10-6(7,2)3/h4H2,1-3H3/t7-/m0/s1. The van der Waals surface area contributed by atoms with Crippen LogP contribution in [0.25, 0.3) is 0 Å². The van der Waals surface area contributed by atoms with E-state index in [1.807, 2.05) is 20.8 Å². The molecule has 0 amide bonds. The fourth-order valence-electron chi connectivity index (χ4n) is 1.16. The Morgan fingerprint density at radius 1 is 1.60 bits per heavy atom. The lowest BCUT2D eigenvalue weighted by atomic mass is 9.82. The van der Waals surface area contributed by atoms with Crippen LogP contribution in [0.15, 0.2) is 0 Å². The van der Waals surface area contributed by atoms with Crippen LogP contribution in [0.2, 0.25) is 0 Å². The Bertz CT molecular complexity index is 176. The van der Waals surface area contributed by atoms with Gasteiger partial charge in [0.1, 0.15) is 5.60 Å². The second-order valence-electron chi connectivity index (χ2n) is 3.05. The molecule has 10 heavy (non-hydrogen) atoms. The van der Waals surface area contributed by atoms with Crippen LogP contribution in [0, 0.1) is 0 Å². The molecular weight excluding hydrogens is 152 g/mol. The number of cyclic esters (lactones) is 1. The summed E-state index contributed by atoms with van der Waals surface area (Å²) in [5.41, 5.74) is -0.486. The molecule has 0 radical (unpaired) electrons. The van der Waals surface area contributed by atoms with Crippen LogP contribution in [0.5, 0.6) is 0 Å². The number of carbonyl (C=O) groups excluding carboxylic acids is 1. The molecule has 0 aliphatic carbocycles. The molecule has 2 nitrogen and oxygen atoms in total.